The fourth-order valence-electron chi connectivity index (χ4n) is 2.93. The zero-order chi connectivity index (χ0) is 14.6. The summed E-state index contributed by atoms with van der Waals surface area (Å²) in [5, 5.41) is 0. The molecule has 2 rings (SSSR count). The van der Waals surface area contributed by atoms with Crippen molar-refractivity contribution in [2.24, 2.45) is 0 Å². The number of carbonyl (C=O) groups excluding carboxylic acids is 1. The SMILES string of the molecule is CCOC1(C(=O)c2cc(F)ccc2F)CCCCCC1. The standard InChI is InChI=1S/C16H20F2O2/c1-2-20-16(9-5-3-4-6-10-16)15(19)13-11-12(17)7-8-14(13)18/h7-8,11H,2-6,9-10H2,1H3. The number of carbonyl (C=O) groups is 1. The summed E-state index contributed by atoms with van der Waals surface area (Å²) in [6.45, 7) is 2.21. The van der Waals surface area contributed by atoms with Crippen molar-refractivity contribution < 1.29 is 18.3 Å². The molecule has 2 nitrogen and oxygen atoms in total. The van der Waals surface area contributed by atoms with Gasteiger partial charge < -0.3 is 4.74 Å². The van der Waals surface area contributed by atoms with E-state index in [2.05, 4.69) is 0 Å². The van der Waals surface area contributed by atoms with E-state index in [0.29, 0.717) is 19.4 Å². The van der Waals surface area contributed by atoms with Crippen molar-refractivity contribution in [3.8, 4) is 0 Å². The first-order chi connectivity index (χ1) is 9.59. The normalized spacial score (nSPS) is 18.6. The summed E-state index contributed by atoms with van der Waals surface area (Å²) in [6, 6.07) is 2.99. The van der Waals surface area contributed by atoms with Crippen LogP contribution in [0.5, 0.6) is 0 Å². The fourth-order valence-corrected chi connectivity index (χ4v) is 2.93. The summed E-state index contributed by atoms with van der Waals surface area (Å²) in [5.74, 6) is -1.70. The Hall–Kier alpha value is -1.29. The van der Waals surface area contributed by atoms with E-state index >= 15 is 0 Å². The summed E-state index contributed by atoms with van der Waals surface area (Å²) in [7, 11) is 0. The molecule has 0 radical (unpaired) electrons. The van der Waals surface area contributed by atoms with Crippen LogP contribution >= 0.6 is 0 Å². The molecule has 1 aromatic carbocycles. The molecule has 1 fully saturated rings. The van der Waals surface area contributed by atoms with E-state index in [1.54, 1.807) is 0 Å². The average molecular weight is 282 g/mol. The highest BCUT2D eigenvalue weighted by Crippen LogP contribution is 2.34. The predicted molar refractivity (Wildman–Crippen MR) is 72.7 cm³/mol. The highest BCUT2D eigenvalue weighted by Gasteiger charge is 2.40. The molecule has 20 heavy (non-hydrogen) atoms. The summed E-state index contributed by atoms with van der Waals surface area (Å²) >= 11 is 0. The molecule has 0 aromatic heterocycles. The van der Waals surface area contributed by atoms with E-state index in [9.17, 15) is 13.6 Å². The largest absolute Gasteiger partial charge is 0.367 e. The number of hydrogen-bond acceptors (Lipinski definition) is 2. The van der Waals surface area contributed by atoms with Gasteiger partial charge in [0.2, 0.25) is 0 Å². The monoisotopic (exact) mass is 282 g/mol. The number of benzene rings is 1. The Morgan fingerprint density at radius 2 is 1.85 bits per heavy atom. The lowest BCUT2D eigenvalue weighted by Crippen LogP contribution is -2.42. The average Bonchev–Trinajstić information content (AvgIpc) is 2.68. The molecular formula is C16H20F2O2. The van der Waals surface area contributed by atoms with Gasteiger partial charge in [0.15, 0.2) is 5.78 Å². The molecule has 0 spiro atoms. The third-order valence-electron chi connectivity index (χ3n) is 3.92. The maximum absolute atomic E-state index is 13.8. The van der Waals surface area contributed by atoms with Crippen molar-refractivity contribution in [2.75, 3.05) is 6.61 Å². The van der Waals surface area contributed by atoms with E-state index < -0.39 is 23.0 Å². The van der Waals surface area contributed by atoms with Crippen molar-refractivity contribution in [1.82, 2.24) is 0 Å². The Labute approximate surface area is 118 Å². The molecule has 1 aromatic rings. The Bertz CT molecular complexity index is 477. The number of hydrogen-bond donors (Lipinski definition) is 0. The number of ketones is 1. The minimum absolute atomic E-state index is 0.194. The van der Waals surface area contributed by atoms with Gasteiger partial charge in [-0.15, -0.1) is 0 Å². The highest BCUT2D eigenvalue weighted by molar-refractivity contribution is 6.02. The lowest BCUT2D eigenvalue weighted by Gasteiger charge is -2.31. The van der Waals surface area contributed by atoms with Crippen LogP contribution in [0.2, 0.25) is 0 Å². The molecule has 0 saturated heterocycles. The molecule has 1 aliphatic rings. The molecule has 0 atom stereocenters. The molecular weight excluding hydrogens is 262 g/mol. The summed E-state index contributed by atoms with van der Waals surface area (Å²) in [5.41, 5.74) is -1.18. The Balaban J connectivity index is 2.37. The zero-order valence-corrected chi connectivity index (χ0v) is 11.8. The van der Waals surface area contributed by atoms with Gasteiger partial charge >= 0.3 is 0 Å². The second kappa shape index (κ2) is 6.44. The van der Waals surface area contributed by atoms with Crippen molar-refractivity contribution in [3.05, 3.63) is 35.4 Å². The maximum atomic E-state index is 13.8. The van der Waals surface area contributed by atoms with Crippen LogP contribution in [0.3, 0.4) is 0 Å². The molecule has 1 aliphatic carbocycles. The van der Waals surface area contributed by atoms with E-state index in [-0.39, 0.29) is 5.56 Å². The van der Waals surface area contributed by atoms with Crippen LogP contribution in [-0.2, 0) is 4.74 Å². The smallest absolute Gasteiger partial charge is 0.197 e. The first kappa shape index (κ1) is 15.1. The van der Waals surface area contributed by atoms with E-state index in [0.717, 1.165) is 43.9 Å². The van der Waals surface area contributed by atoms with Gasteiger partial charge in [0, 0.05) is 6.61 Å². The zero-order valence-electron chi connectivity index (χ0n) is 11.8. The molecule has 0 amide bonds. The second-order valence-electron chi connectivity index (χ2n) is 5.29. The third-order valence-corrected chi connectivity index (χ3v) is 3.92. The summed E-state index contributed by atoms with van der Waals surface area (Å²) < 4.78 is 32.9. The summed E-state index contributed by atoms with van der Waals surface area (Å²) in [4.78, 5) is 12.7. The minimum atomic E-state index is -0.986. The molecule has 0 N–H and O–H groups in total. The maximum Gasteiger partial charge on any atom is 0.197 e. The Morgan fingerprint density at radius 1 is 1.20 bits per heavy atom. The van der Waals surface area contributed by atoms with Crippen LogP contribution in [0.25, 0.3) is 0 Å². The van der Waals surface area contributed by atoms with Gasteiger partial charge in [-0.1, -0.05) is 25.7 Å². The molecule has 0 bridgehead atoms. The molecule has 4 heteroatoms. The Kier molecular flexibility index (Phi) is 4.86. The van der Waals surface area contributed by atoms with Gasteiger partial charge in [0.1, 0.15) is 17.2 Å². The quantitative estimate of drug-likeness (QED) is 0.608. The lowest BCUT2D eigenvalue weighted by atomic mass is 9.85. The molecule has 110 valence electrons. The second-order valence-corrected chi connectivity index (χ2v) is 5.29. The van der Waals surface area contributed by atoms with Crippen molar-refractivity contribution in [1.29, 1.82) is 0 Å². The van der Waals surface area contributed by atoms with Crippen LogP contribution in [0.4, 0.5) is 8.78 Å². The van der Waals surface area contributed by atoms with Gasteiger partial charge in [0.25, 0.3) is 0 Å². The van der Waals surface area contributed by atoms with Gasteiger partial charge in [-0.3, -0.25) is 4.79 Å². The van der Waals surface area contributed by atoms with E-state index in [4.69, 9.17) is 4.74 Å². The number of halogens is 2. The van der Waals surface area contributed by atoms with Crippen LogP contribution in [-0.4, -0.2) is 18.0 Å². The minimum Gasteiger partial charge on any atom is -0.367 e. The fraction of sp³-hybridized carbons (Fsp3) is 0.562. The molecule has 0 unspecified atom stereocenters. The van der Waals surface area contributed by atoms with Crippen LogP contribution in [0.1, 0.15) is 55.8 Å². The summed E-state index contributed by atoms with van der Waals surface area (Å²) in [6.07, 6.45) is 5.01. The van der Waals surface area contributed by atoms with Gasteiger partial charge in [-0.2, -0.15) is 0 Å². The Morgan fingerprint density at radius 3 is 2.45 bits per heavy atom. The van der Waals surface area contributed by atoms with Crippen LogP contribution in [0, 0.1) is 11.6 Å². The van der Waals surface area contributed by atoms with Crippen LogP contribution < -0.4 is 0 Å². The van der Waals surface area contributed by atoms with Crippen molar-refractivity contribution >= 4 is 5.78 Å². The topological polar surface area (TPSA) is 26.3 Å². The third kappa shape index (κ3) is 3.06. The van der Waals surface area contributed by atoms with Crippen molar-refractivity contribution in [3.63, 3.8) is 0 Å². The first-order valence-corrected chi connectivity index (χ1v) is 7.23. The lowest BCUT2D eigenvalue weighted by molar-refractivity contribution is -0.0295. The number of ether oxygens (including phenoxy) is 1. The molecule has 0 aliphatic heterocycles. The van der Waals surface area contributed by atoms with Gasteiger partial charge in [-0.25, -0.2) is 8.78 Å². The highest BCUT2D eigenvalue weighted by atomic mass is 19.1. The van der Waals surface area contributed by atoms with Gasteiger partial charge in [0.05, 0.1) is 5.56 Å². The van der Waals surface area contributed by atoms with E-state index in [1.165, 1.54) is 0 Å². The van der Waals surface area contributed by atoms with Gasteiger partial charge in [-0.05, 0) is 38.0 Å². The van der Waals surface area contributed by atoms with Crippen LogP contribution in [0.15, 0.2) is 18.2 Å². The van der Waals surface area contributed by atoms with Crippen molar-refractivity contribution in [2.45, 2.75) is 51.0 Å². The first-order valence-electron chi connectivity index (χ1n) is 7.23. The predicted octanol–water partition coefficient (Wildman–Crippen LogP) is 4.28. The molecule has 1 saturated carbocycles. The van der Waals surface area contributed by atoms with E-state index in [1.807, 2.05) is 6.92 Å². The number of Topliss-reactive ketones (excluding diaryl/α,β-unsaturated/α-hetero) is 1. The number of rotatable bonds is 4. The molecule has 0 heterocycles.